The molecule has 0 atom stereocenters. The number of nitrogens with one attached hydrogen (secondary N) is 1. The van der Waals surface area contributed by atoms with Crippen molar-refractivity contribution in [1.29, 1.82) is 0 Å². The first-order valence-corrected chi connectivity index (χ1v) is 8.08. The molecule has 0 bridgehead atoms. The predicted molar refractivity (Wildman–Crippen MR) is 87.1 cm³/mol. The van der Waals surface area contributed by atoms with Crippen LogP contribution in [-0.4, -0.2) is 48.9 Å². The molecule has 1 amide bonds. The third-order valence-corrected chi connectivity index (χ3v) is 4.25. The van der Waals surface area contributed by atoms with Gasteiger partial charge < -0.3 is 19.2 Å². The van der Waals surface area contributed by atoms with Crippen LogP contribution < -0.4 is 10.5 Å². The maximum atomic E-state index is 11.7. The summed E-state index contributed by atoms with van der Waals surface area (Å²) in [5.41, 5.74) is 0.921. The fraction of sp³-hybridized carbons (Fsp3) is 0.412. The first kappa shape index (κ1) is 16.3. The number of carbonyl (C=O) groups is 1. The van der Waals surface area contributed by atoms with Crippen LogP contribution in [0.15, 0.2) is 33.5 Å². The van der Waals surface area contributed by atoms with Crippen LogP contribution in [-0.2, 0) is 11.3 Å². The van der Waals surface area contributed by atoms with Gasteiger partial charge in [0.1, 0.15) is 17.9 Å². The van der Waals surface area contributed by atoms with E-state index in [0.717, 1.165) is 24.0 Å². The molecule has 1 saturated heterocycles. The SMILES string of the molecule is CCOC(=O)N1CC[NH+](Cc2cc(=O)oc3ccc(O)cc23)CC1. The summed E-state index contributed by atoms with van der Waals surface area (Å²) in [6, 6.07) is 6.19. The monoisotopic (exact) mass is 333 g/mol. The minimum atomic E-state index is -0.396. The maximum Gasteiger partial charge on any atom is 0.410 e. The Morgan fingerprint density at radius 2 is 2.08 bits per heavy atom. The van der Waals surface area contributed by atoms with Gasteiger partial charge in [-0.1, -0.05) is 0 Å². The highest BCUT2D eigenvalue weighted by molar-refractivity contribution is 5.81. The lowest BCUT2D eigenvalue weighted by Gasteiger charge is -2.31. The summed E-state index contributed by atoms with van der Waals surface area (Å²) in [7, 11) is 0. The molecular weight excluding hydrogens is 312 g/mol. The molecule has 0 unspecified atom stereocenters. The van der Waals surface area contributed by atoms with Crippen LogP contribution in [0, 0.1) is 0 Å². The number of hydrogen-bond acceptors (Lipinski definition) is 5. The van der Waals surface area contributed by atoms with Crippen LogP contribution in [0.3, 0.4) is 0 Å². The van der Waals surface area contributed by atoms with E-state index in [4.69, 9.17) is 9.15 Å². The molecule has 0 spiro atoms. The van der Waals surface area contributed by atoms with Gasteiger partial charge >= 0.3 is 11.7 Å². The molecule has 2 aromatic rings. The van der Waals surface area contributed by atoms with Crippen molar-refractivity contribution in [3.63, 3.8) is 0 Å². The van der Waals surface area contributed by atoms with Crippen LogP contribution >= 0.6 is 0 Å². The van der Waals surface area contributed by atoms with E-state index in [2.05, 4.69) is 0 Å². The fourth-order valence-corrected chi connectivity index (χ4v) is 3.03. The summed E-state index contributed by atoms with van der Waals surface area (Å²) in [5, 5.41) is 10.4. The van der Waals surface area contributed by atoms with E-state index in [0.29, 0.717) is 31.8 Å². The summed E-state index contributed by atoms with van der Waals surface area (Å²) >= 11 is 0. The summed E-state index contributed by atoms with van der Waals surface area (Å²) in [5.74, 6) is 0.139. The Hall–Kier alpha value is -2.54. The highest BCUT2D eigenvalue weighted by Gasteiger charge is 2.25. The number of ether oxygens (including phenoxy) is 1. The smallest absolute Gasteiger partial charge is 0.410 e. The van der Waals surface area contributed by atoms with Crippen LogP contribution in [0.4, 0.5) is 4.79 Å². The zero-order valence-corrected chi connectivity index (χ0v) is 13.6. The van der Waals surface area contributed by atoms with Crippen molar-refractivity contribution in [1.82, 2.24) is 4.90 Å². The van der Waals surface area contributed by atoms with Gasteiger partial charge in [-0.3, -0.25) is 4.90 Å². The normalized spacial score (nSPS) is 15.6. The number of rotatable bonds is 3. The number of phenolic OH excluding ortho intramolecular Hbond substituents is 1. The number of aromatic hydroxyl groups is 1. The Kier molecular flexibility index (Phi) is 4.71. The molecule has 2 heterocycles. The molecule has 24 heavy (non-hydrogen) atoms. The molecule has 128 valence electrons. The quantitative estimate of drug-likeness (QED) is 0.792. The number of piperazine rings is 1. The number of carbonyl (C=O) groups excluding carboxylic acids is 1. The second kappa shape index (κ2) is 6.92. The van der Waals surface area contributed by atoms with Gasteiger partial charge in [0.15, 0.2) is 0 Å². The Bertz CT molecular complexity index is 793. The van der Waals surface area contributed by atoms with E-state index < -0.39 is 5.63 Å². The van der Waals surface area contributed by atoms with Crippen molar-refractivity contribution < 1.29 is 24.0 Å². The number of nitrogens with zero attached hydrogens (tertiary/aromatic N) is 1. The largest absolute Gasteiger partial charge is 0.508 e. The van der Waals surface area contributed by atoms with Gasteiger partial charge in [-0.2, -0.15) is 0 Å². The highest BCUT2D eigenvalue weighted by atomic mass is 16.6. The molecule has 0 aliphatic carbocycles. The average molecular weight is 333 g/mol. The third kappa shape index (κ3) is 3.51. The third-order valence-electron chi connectivity index (χ3n) is 4.25. The van der Waals surface area contributed by atoms with Gasteiger partial charge in [-0.15, -0.1) is 0 Å². The second-order valence-corrected chi connectivity index (χ2v) is 5.88. The molecule has 1 aromatic heterocycles. The Balaban J connectivity index is 1.73. The Morgan fingerprint density at radius 1 is 1.33 bits per heavy atom. The molecule has 7 nitrogen and oxygen atoms in total. The number of quaternary nitrogens is 1. The number of amides is 1. The lowest BCUT2D eigenvalue weighted by molar-refractivity contribution is -0.917. The Morgan fingerprint density at radius 3 is 2.79 bits per heavy atom. The molecule has 7 heteroatoms. The summed E-state index contributed by atoms with van der Waals surface area (Å²) < 4.78 is 10.2. The zero-order chi connectivity index (χ0) is 17.1. The number of phenols is 1. The van der Waals surface area contributed by atoms with E-state index in [1.165, 1.54) is 17.0 Å². The lowest BCUT2D eigenvalue weighted by Crippen LogP contribution is -3.13. The van der Waals surface area contributed by atoms with Gasteiger partial charge in [-0.05, 0) is 25.1 Å². The minimum Gasteiger partial charge on any atom is -0.508 e. The van der Waals surface area contributed by atoms with Crippen molar-refractivity contribution in [2.45, 2.75) is 13.5 Å². The summed E-state index contributed by atoms with van der Waals surface area (Å²) in [6.07, 6.45) is -0.271. The topological polar surface area (TPSA) is 84.4 Å². The van der Waals surface area contributed by atoms with E-state index >= 15 is 0 Å². The second-order valence-electron chi connectivity index (χ2n) is 5.88. The van der Waals surface area contributed by atoms with E-state index in [-0.39, 0.29) is 11.8 Å². The van der Waals surface area contributed by atoms with Crippen LogP contribution in [0.1, 0.15) is 12.5 Å². The van der Waals surface area contributed by atoms with Crippen molar-refractivity contribution in [2.24, 2.45) is 0 Å². The zero-order valence-electron chi connectivity index (χ0n) is 13.6. The number of benzene rings is 1. The molecule has 1 aliphatic heterocycles. The van der Waals surface area contributed by atoms with Crippen molar-refractivity contribution in [2.75, 3.05) is 32.8 Å². The number of fused-ring (bicyclic) bond motifs is 1. The molecular formula is C17H21N2O5+. The number of hydrogen-bond donors (Lipinski definition) is 2. The summed E-state index contributed by atoms with van der Waals surface area (Å²) in [6.45, 7) is 5.61. The van der Waals surface area contributed by atoms with E-state index in [1.54, 1.807) is 24.0 Å². The van der Waals surface area contributed by atoms with Crippen molar-refractivity contribution in [3.8, 4) is 5.75 Å². The minimum absolute atomic E-state index is 0.139. The lowest BCUT2D eigenvalue weighted by atomic mass is 10.1. The van der Waals surface area contributed by atoms with Crippen LogP contribution in [0.25, 0.3) is 11.0 Å². The predicted octanol–water partition coefficient (Wildman–Crippen LogP) is 0.356. The van der Waals surface area contributed by atoms with E-state index in [9.17, 15) is 14.7 Å². The van der Waals surface area contributed by atoms with Crippen LogP contribution in [0.2, 0.25) is 0 Å². The van der Waals surface area contributed by atoms with Gasteiger partial charge in [-0.25, -0.2) is 9.59 Å². The molecule has 1 aliphatic rings. The fourth-order valence-electron chi connectivity index (χ4n) is 3.03. The molecule has 1 fully saturated rings. The standard InChI is InChI=1S/C17H20N2O5/c1-2-23-17(22)19-7-5-18(6-8-19)11-12-9-16(21)24-15-4-3-13(20)10-14(12)15/h3-4,9-10,20H,2,5-8,11H2,1H3/p+1. The van der Waals surface area contributed by atoms with Gasteiger partial charge in [0.2, 0.25) is 0 Å². The molecule has 1 aromatic carbocycles. The van der Waals surface area contributed by atoms with Crippen molar-refractivity contribution >= 4 is 17.1 Å². The van der Waals surface area contributed by atoms with Crippen LogP contribution in [0.5, 0.6) is 5.75 Å². The molecule has 0 radical (unpaired) electrons. The first-order chi connectivity index (χ1) is 11.6. The molecule has 2 N–H and O–H groups in total. The van der Waals surface area contributed by atoms with Gasteiger partial charge in [0.25, 0.3) is 0 Å². The average Bonchev–Trinajstić information content (AvgIpc) is 2.56. The highest BCUT2D eigenvalue weighted by Crippen LogP contribution is 2.21. The Labute approximate surface area is 139 Å². The van der Waals surface area contributed by atoms with Gasteiger partial charge in [0, 0.05) is 17.0 Å². The summed E-state index contributed by atoms with van der Waals surface area (Å²) in [4.78, 5) is 26.4. The molecule has 0 saturated carbocycles. The maximum absolute atomic E-state index is 11.7. The molecule has 3 rings (SSSR count). The van der Waals surface area contributed by atoms with Gasteiger partial charge in [0.05, 0.1) is 32.8 Å². The van der Waals surface area contributed by atoms with E-state index in [1.807, 2.05) is 0 Å². The van der Waals surface area contributed by atoms with Crippen molar-refractivity contribution in [3.05, 3.63) is 40.2 Å². The first-order valence-electron chi connectivity index (χ1n) is 8.08.